The number of hydrogen-bond donors (Lipinski definition) is 1. The third kappa shape index (κ3) is 5.33. The second kappa shape index (κ2) is 9.80. The minimum Gasteiger partial charge on any atom is -0.480 e. The highest BCUT2D eigenvalue weighted by Crippen LogP contribution is 2.34. The zero-order chi connectivity index (χ0) is 21.7. The van der Waals surface area contributed by atoms with Crippen LogP contribution >= 0.6 is 34.5 Å². The highest BCUT2D eigenvalue weighted by Gasteiger charge is 2.28. The minimum absolute atomic E-state index is 0.00330. The number of thiophene rings is 1. The van der Waals surface area contributed by atoms with Crippen molar-refractivity contribution in [1.82, 2.24) is 0 Å². The lowest BCUT2D eigenvalue weighted by atomic mass is 10.2. The molecule has 0 unspecified atom stereocenters. The number of carboxylic acid groups (broad SMARTS) is 1. The summed E-state index contributed by atoms with van der Waals surface area (Å²) < 4.78 is 33.5. The van der Waals surface area contributed by atoms with Crippen LogP contribution in [0.1, 0.15) is 10.4 Å². The standard InChI is InChI=1S/C20H17Cl2NO5S2/c21-16-7-6-15(10-17(16)22)30(26,27)23(11-14-4-2-1-3-5-14)18-8-9-29-19(18)12-28-13-20(24)25/h1-10H,11-13H2,(H,24,25). The Morgan fingerprint density at radius 1 is 1.07 bits per heavy atom. The van der Waals surface area contributed by atoms with Crippen LogP contribution in [0.3, 0.4) is 0 Å². The number of anilines is 1. The van der Waals surface area contributed by atoms with Crippen LogP contribution < -0.4 is 4.31 Å². The number of hydrogen-bond acceptors (Lipinski definition) is 5. The highest BCUT2D eigenvalue weighted by molar-refractivity contribution is 7.92. The Morgan fingerprint density at radius 2 is 1.80 bits per heavy atom. The molecule has 1 aromatic heterocycles. The molecule has 0 spiro atoms. The zero-order valence-electron chi connectivity index (χ0n) is 15.5. The summed E-state index contributed by atoms with van der Waals surface area (Å²) in [5, 5.41) is 10.9. The molecule has 1 heterocycles. The Morgan fingerprint density at radius 3 is 2.47 bits per heavy atom. The van der Waals surface area contributed by atoms with Gasteiger partial charge in [-0.3, -0.25) is 4.31 Å². The number of carbonyl (C=O) groups is 1. The molecular weight excluding hydrogens is 469 g/mol. The van der Waals surface area contributed by atoms with Gasteiger partial charge >= 0.3 is 5.97 Å². The number of nitrogens with zero attached hydrogens (tertiary/aromatic N) is 1. The van der Waals surface area contributed by atoms with Crippen molar-refractivity contribution in [3.05, 3.63) is 80.5 Å². The lowest BCUT2D eigenvalue weighted by molar-refractivity contribution is -0.142. The first-order valence-electron chi connectivity index (χ1n) is 8.66. The summed E-state index contributed by atoms with van der Waals surface area (Å²) in [4.78, 5) is 11.3. The van der Waals surface area contributed by atoms with E-state index in [-0.39, 0.29) is 28.1 Å². The quantitative estimate of drug-likeness (QED) is 0.458. The van der Waals surface area contributed by atoms with Crippen LogP contribution in [-0.4, -0.2) is 26.1 Å². The van der Waals surface area contributed by atoms with E-state index in [4.69, 9.17) is 33.0 Å². The monoisotopic (exact) mass is 485 g/mol. The Hall–Kier alpha value is -2.10. The first-order chi connectivity index (χ1) is 14.3. The van der Waals surface area contributed by atoms with Gasteiger partial charge in [0, 0.05) is 0 Å². The van der Waals surface area contributed by atoms with Crippen molar-refractivity contribution in [3.8, 4) is 0 Å². The molecule has 3 rings (SSSR count). The molecule has 0 aliphatic rings. The van der Waals surface area contributed by atoms with E-state index in [0.29, 0.717) is 10.6 Å². The summed E-state index contributed by atoms with van der Waals surface area (Å²) in [5.74, 6) is -1.10. The normalized spacial score (nSPS) is 11.4. The maximum absolute atomic E-state index is 13.5. The van der Waals surface area contributed by atoms with Crippen LogP contribution in [0.2, 0.25) is 10.0 Å². The van der Waals surface area contributed by atoms with Crippen molar-refractivity contribution in [2.75, 3.05) is 10.9 Å². The molecule has 0 saturated heterocycles. The Balaban J connectivity index is 2.02. The molecule has 6 nitrogen and oxygen atoms in total. The van der Waals surface area contributed by atoms with Crippen LogP contribution in [-0.2, 0) is 32.7 Å². The minimum atomic E-state index is -4.00. The van der Waals surface area contributed by atoms with Crippen molar-refractivity contribution >= 4 is 56.2 Å². The number of halogens is 2. The van der Waals surface area contributed by atoms with Crippen LogP contribution in [0, 0.1) is 0 Å². The van der Waals surface area contributed by atoms with Crippen molar-refractivity contribution in [1.29, 1.82) is 0 Å². The molecule has 30 heavy (non-hydrogen) atoms. The molecular formula is C20H17Cl2NO5S2. The maximum atomic E-state index is 13.5. The van der Waals surface area contributed by atoms with Crippen LogP contribution in [0.15, 0.2) is 64.9 Å². The fraction of sp³-hybridized carbons (Fsp3) is 0.150. The third-order valence-corrected chi connectivity index (χ3v) is 7.48. The first-order valence-corrected chi connectivity index (χ1v) is 11.7. The Bertz CT molecular complexity index is 1130. The van der Waals surface area contributed by atoms with Crippen LogP contribution in [0.25, 0.3) is 0 Å². The molecule has 0 fully saturated rings. The number of ether oxygens (including phenoxy) is 1. The Kier molecular flexibility index (Phi) is 7.38. The molecule has 1 N–H and O–H groups in total. The fourth-order valence-electron chi connectivity index (χ4n) is 2.71. The molecule has 158 valence electrons. The summed E-state index contributed by atoms with van der Waals surface area (Å²) in [6, 6.07) is 14.9. The summed E-state index contributed by atoms with van der Waals surface area (Å²) in [6.07, 6.45) is 0. The Labute approximate surface area is 188 Å². The summed E-state index contributed by atoms with van der Waals surface area (Å²) in [7, 11) is -4.00. The number of rotatable bonds is 9. The average molecular weight is 486 g/mol. The van der Waals surface area contributed by atoms with Gasteiger partial charge < -0.3 is 9.84 Å². The number of benzene rings is 2. The molecule has 0 aliphatic heterocycles. The van der Waals surface area contributed by atoms with E-state index in [9.17, 15) is 13.2 Å². The van der Waals surface area contributed by atoms with E-state index < -0.39 is 22.6 Å². The predicted octanol–water partition coefficient (Wildman–Crippen LogP) is 5.05. The summed E-state index contributed by atoms with van der Waals surface area (Å²) in [6.45, 7) is -0.427. The molecule has 3 aromatic rings. The van der Waals surface area contributed by atoms with Crippen molar-refractivity contribution in [3.63, 3.8) is 0 Å². The van der Waals surface area contributed by atoms with Crippen molar-refractivity contribution in [2.45, 2.75) is 18.0 Å². The van der Waals surface area contributed by atoms with Gasteiger partial charge in [0.1, 0.15) is 6.61 Å². The van der Waals surface area contributed by atoms with Crippen LogP contribution in [0.5, 0.6) is 0 Å². The molecule has 0 atom stereocenters. The topological polar surface area (TPSA) is 83.9 Å². The summed E-state index contributed by atoms with van der Waals surface area (Å²) >= 11 is 13.3. The van der Waals surface area contributed by atoms with Crippen molar-refractivity contribution < 1.29 is 23.1 Å². The summed E-state index contributed by atoms with van der Waals surface area (Å²) in [5.41, 5.74) is 1.20. The largest absolute Gasteiger partial charge is 0.480 e. The van der Waals surface area contributed by atoms with Gasteiger partial charge in [0.25, 0.3) is 10.0 Å². The number of aliphatic carboxylic acids is 1. The van der Waals surface area contributed by atoms with Gasteiger partial charge in [-0.15, -0.1) is 11.3 Å². The second-order valence-electron chi connectivity index (χ2n) is 6.19. The maximum Gasteiger partial charge on any atom is 0.329 e. The van der Waals surface area contributed by atoms with Gasteiger partial charge in [-0.25, -0.2) is 13.2 Å². The third-order valence-electron chi connectivity index (χ3n) is 4.10. The number of carboxylic acids is 1. The van der Waals surface area contributed by atoms with Gasteiger partial charge in [0.2, 0.25) is 0 Å². The number of sulfonamides is 1. The van der Waals surface area contributed by atoms with E-state index in [1.165, 1.54) is 33.8 Å². The van der Waals surface area contributed by atoms with E-state index in [2.05, 4.69) is 0 Å². The van der Waals surface area contributed by atoms with Gasteiger partial charge in [-0.05, 0) is 35.2 Å². The molecule has 10 heteroatoms. The van der Waals surface area contributed by atoms with Crippen LogP contribution in [0.4, 0.5) is 5.69 Å². The molecule has 0 saturated carbocycles. The molecule has 0 radical (unpaired) electrons. The second-order valence-corrected chi connectivity index (χ2v) is 9.87. The molecule has 0 aliphatic carbocycles. The first kappa shape index (κ1) is 22.6. The van der Waals surface area contributed by atoms with Gasteiger partial charge in [0.15, 0.2) is 0 Å². The lowest BCUT2D eigenvalue weighted by Crippen LogP contribution is -2.31. The van der Waals surface area contributed by atoms with E-state index in [1.807, 2.05) is 30.3 Å². The van der Waals surface area contributed by atoms with Crippen molar-refractivity contribution in [2.24, 2.45) is 0 Å². The smallest absolute Gasteiger partial charge is 0.329 e. The molecule has 0 bridgehead atoms. The highest BCUT2D eigenvalue weighted by atomic mass is 35.5. The SMILES string of the molecule is O=C(O)COCc1sccc1N(Cc1ccccc1)S(=O)(=O)c1ccc(Cl)c(Cl)c1. The predicted molar refractivity (Wildman–Crippen MR) is 118 cm³/mol. The zero-order valence-corrected chi connectivity index (χ0v) is 18.6. The lowest BCUT2D eigenvalue weighted by Gasteiger charge is -2.25. The molecule has 2 aromatic carbocycles. The fourth-order valence-corrected chi connectivity index (χ4v) is 5.45. The molecule has 0 amide bonds. The van der Waals surface area contributed by atoms with E-state index in [0.717, 1.165) is 5.56 Å². The van der Waals surface area contributed by atoms with E-state index in [1.54, 1.807) is 11.4 Å². The van der Waals surface area contributed by atoms with Gasteiger partial charge in [0.05, 0.1) is 38.7 Å². The van der Waals surface area contributed by atoms with Gasteiger partial charge in [-0.1, -0.05) is 53.5 Å². The van der Waals surface area contributed by atoms with E-state index >= 15 is 0 Å². The average Bonchev–Trinajstić information content (AvgIpc) is 3.16. The van der Waals surface area contributed by atoms with Gasteiger partial charge in [-0.2, -0.15) is 0 Å².